The first kappa shape index (κ1) is 13.1. The number of aryl methyl sites for hydroxylation is 1. The Morgan fingerprint density at radius 3 is 2.83 bits per heavy atom. The quantitative estimate of drug-likeness (QED) is 0.499. The van der Waals surface area contributed by atoms with Crippen molar-refractivity contribution in [1.29, 1.82) is 0 Å². The van der Waals surface area contributed by atoms with Gasteiger partial charge in [-0.2, -0.15) is 0 Å². The van der Waals surface area contributed by atoms with Gasteiger partial charge in [0.15, 0.2) is 5.16 Å². The molecule has 0 fully saturated rings. The van der Waals surface area contributed by atoms with E-state index in [4.69, 9.17) is 0 Å². The zero-order valence-electron chi connectivity index (χ0n) is 10.3. The summed E-state index contributed by atoms with van der Waals surface area (Å²) >= 11 is 2.92. The van der Waals surface area contributed by atoms with Crippen LogP contribution in [0, 0.1) is 0 Å². The summed E-state index contributed by atoms with van der Waals surface area (Å²) in [5.74, 6) is 0.814. The highest BCUT2D eigenvalue weighted by atomic mass is 32.2. The summed E-state index contributed by atoms with van der Waals surface area (Å²) in [7, 11) is 1.80. The Balaban J connectivity index is 2.26. The van der Waals surface area contributed by atoms with Crippen molar-refractivity contribution in [3.8, 4) is 0 Å². The Morgan fingerprint density at radius 1 is 1.39 bits per heavy atom. The highest BCUT2D eigenvalue weighted by Crippen LogP contribution is 2.26. The van der Waals surface area contributed by atoms with Crippen LogP contribution in [0.3, 0.4) is 0 Å². The second-order valence-electron chi connectivity index (χ2n) is 3.30. The van der Waals surface area contributed by atoms with E-state index in [1.54, 1.807) is 11.7 Å². The van der Waals surface area contributed by atoms with Crippen molar-refractivity contribution >= 4 is 29.3 Å². The zero-order chi connectivity index (χ0) is 13.0. The van der Waals surface area contributed by atoms with Gasteiger partial charge in [0, 0.05) is 19.7 Å². The number of nitrogens with one attached hydrogen (secondary N) is 1. The van der Waals surface area contributed by atoms with Gasteiger partial charge in [-0.15, -0.1) is 5.10 Å². The molecule has 9 heteroatoms. The van der Waals surface area contributed by atoms with Crippen molar-refractivity contribution < 1.29 is 0 Å². The third-order valence-electron chi connectivity index (χ3n) is 2.00. The van der Waals surface area contributed by atoms with E-state index in [0.29, 0.717) is 5.16 Å². The van der Waals surface area contributed by atoms with E-state index in [9.17, 15) is 0 Å². The molecular weight excluding hydrogens is 270 g/mol. The second-order valence-corrected chi connectivity index (χ2v) is 5.06. The molecule has 0 aliphatic rings. The lowest BCUT2D eigenvalue weighted by atomic mass is 10.5. The van der Waals surface area contributed by atoms with Crippen LogP contribution < -0.4 is 5.32 Å². The molecule has 2 aromatic heterocycles. The summed E-state index contributed by atoms with van der Waals surface area (Å²) in [6.07, 6.45) is 1.95. The van der Waals surface area contributed by atoms with E-state index >= 15 is 0 Å². The van der Waals surface area contributed by atoms with Crippen molar-refractivity contribution in [3.63, 3.8) is 0 Å². The molecular formula is C9H13N7S2. The lowest BCUT2D eigenvalue weighted by molar-refractivity contribution is 0.664. The molecule has 7 nitrogen and oxygen atoms in total. The average molecular weight is 283 g/mol. The third kappa shape index (κ3) is 3.10. The highest BCUT2D eigenvalue weighted by molar-refractivity contribution is 7.99. The van der Waals surface area contributed by atoms with Gasteiger partial charge in [-0.05, 0) is 35.4 Å². The van der Waals surface area contributed by atoms with E-state index in [1.807, 2.05) is 19.2 Å². The Hall–Kier alpha value is -1.35. The summed E-state index contributed by atoms with van der Waals surface area (Å²) in [5.41, 5.74) is 0. The maximum Gasteiger partial charge on any atom is 0.215 e. The molecule has 0 atom stereocenters. The molecule has 0 unspecified atom stereocenters. The smallest absolute Gasteiger partial charge is 0.215 e. The molecule has 0 bridgehead atoms. The van der Waals surface area contributed by atoms with Crippen LogP contribution in [0.1, 0.15) is 6.92 Å². The number of anilines is 1. The van der Waals surface area contributed by atoms with Crippen LogP contribution in [0.4, 0.5) is 5.82 Å². The number of nitrogens with zero attached hydrogens (tertiary/aromatic N) is 6. The first-order chi connectivity index (χ1) is 8.72. The highest BCUT2D eigenvalue weighted by Gasteiger charge is 2.09. The van der Waals surface area contributed by atoms with Gasteiger partial charge in [-0.25, -0.2) is 14.6 Å². The molecule has 0 saturated heterocycles. The van der Waals surface area contributed by atoms with E-state index in [0.717, 1.165) is 22.5 Å². The number of thioether (sulfide) groups is 1. The molecule has 0 aliphatic carbocycles. The maximum atomic E-state index is 4.42. The van der Waals surface area contributed by atoms with E-state index < -0.39 is 0 Å². The van der Waals surface area contributed by atoms with Crippen molar-refractivity contribution in [2.24, 2.45) is 7.05 Å². The number of aromatic nitrogens is 6. The number of rotatable bonds is 5. The fourth-order valence-corrected chi connectivity index (χ4v) is 2.39. The third-order valence-corrected chi connectivity index (χ3v) is 3.49. The molecule has 0 saturated carbocycles. The van der Waals surface area contributed by atoms with Gasteiger partial charge in [0.05, 0.1) is 0 Å². The van der Waals surface area contributed by atoms with Gasteiger partial charge >= 0.3 is 0 Å². The van der Waals surface area contributed by atoms with E-state index in [-0.39, 0.29) is 0 Å². The van der Waals surface area contributed by atoms with Crippen LogP contribution >= 0.6 is 23.5 Å². The zero-order valence-corrected chi connectivity index (χ0v) is 11.9. The summed E-state index contributed by atoms with van der Waals surface area (Å²) in [4.78, 5) is 8.78. The molecule has 2 rings (SSSR count). The standard InChI is InChI=1S/C9H13N7S2/c1-4-10-6-5-7(12-8(11-6)17-3)18-9-13-14-15-16(9)2/h5H,4H2,1-3H3,(H,10,11,12). The minimum Gasteiger partial charge on any atom is -0.370 e. The Kier molecular flexibility index (Phi) is 4.37. The Labute approximate surface area is 113 Å². The van der Waals surface area contributed by atoms with Gasteiger partial charge in [-0.1, -0.05) is 11.8 Å². The molecule has 0 aromatic carbocycles. The normalized spacial score (nSPS) is 10.6. The minimum atomic E-state index is 0.697. The van der Waals surface area contributed by atoms with Crippen LogP contribution in [-0.4, -0.2) is 43.0 Å². The molecule has 2 aromatic rings. The van der Waals surface area contributed by atoms with Crippen LogP contribution in [0.25, 0.3) is 0 Å². The largest absolute Gasteiger partial charge is 0.370 e. The van der Waals surface area contributed by atoms with Gasteiger partial charge in [0.2, 0.25) is 5.16 Å². The van der Waals surface area contributed by atoms with Crippen LogP contribution in [0.5, 0.6) is 0 Å². The van der Waals surface area contributed by atoms with Gasteiger partial charge in [0.1, 0.15) is 10.8 Å². The average Bonchev–Trinajstić information content (AvgIpc) is 2.75. The molecule has 0 spiro atoms. The van der Waals surface area contributed by atoms with E-state index in [2.05, 4.69) is 30.8 Å². The first-order valence-electron chi connectivity index (χ1n) is 5.30. The lowest BCUT2D eigenvalue weighted by Crippen LogP contribution is -2.02. The Bertz CT molecular complexity index is 527. The second kappa shape index (κ2) is 6.01. The van der Waals surface area contributed by atoms with Crippen molar-refractivity contribution in [3.05, 3.63) is 6.07 Å². The fraction of sp³-hybridized carbons (Fsp3) is 0.444. The summed E-state index contributed by atoms with van der Waals surface area (Å²) < 4.78 is 1.61. The topological polar surface area (TPSA) is 81.4 Å². The van der Waals surface area contributed by atoms with Gasteiger partial charge < -0.3 is 5.32 Å². The van der Waals surface area contributed by atoms with Crippen molar-refractivity contribution in [2.75, 3.05) is 18.1 Å². The van der Waals surface area contributed by atoms with Gasteiger partial charge in [0.25, 0.3) is 0 Å². The molecule has 96 valence electrons. The summed E-state index contributed by atoms with van der Waals surface area (Å²) in [6.45, 7) is 2.85. The van der Waals surface area contributed by atoms with Crippen molar-refractivity contribution in [2.45, 2.75) is 22.3 Å². The molecule has 0 radical (unpaired) electrons. The monoisotopic (exact) mass is 283 g/mol. The SMILES string of the molecule is CCNc1cc(Sc2nnnn2C)nc(SC)n1. The number of tetrazole rings is 1. The molecule has 0 aliphatic heterocycles. The van der Waals surface area contributed by atoms with Crippen LogP contribution in [0.2, 0.25) is 0 Å². The van der Waals surface area contributed by atoms with Crippen LogP contribution in [0.15, 0.2) is 21.4 Å². The van der Waals surface area contributed by atoms with Crippen molar-refractivity contribution in [1.82, 2.24) is 30.2 Å². The molecule has 2 heterocycles. The maximum absolute atomic E-state index is 4.42. The molecule has 18 heavy (non-hydrogen) atoms. The van der Waals surface area contributed by atoms with E-state index in [1.165, 1.54) is 23.5 Å². The predicted octanol–water partition coefficient (Wildman–Crippen LogP) is 1.30. The Morgan fingerprint density at radius 2 is 2.22 bits per heavy atom. The summed E-state index contributed by atoms with van der Waals surface area (Å²) in [6, 6.07) is 1.89. The lowest BCUT2D eigenvalue weighted by Gasteiger charge is -2.06. The molecule has 0 amide bonds. The predicted molar refractivity (Wildman–Crippen MR) is 70.9 cm³/mol. The van der Waals surface area contributed by atoms with Crippen LogP contribution in [-0.2, 0) is 7.05 Å². The number of hydrogen-bond donors (Lipinski definition) is 1. The number of hydrogen-bond acceptors (Lipinski definition) is 8. The van der Waals surface area contributed by atoms with Gasteiger partial charge in [-0.3, -0.25) is 0 Å². The molecule has 1 N–H and O–H groups in total. The first-order valence-corrected chi connectivity index (χ1v) is 7.34. The minimum absolute atomic E-state index is 0.697. The summed E-state index contributed by atoms with van der Waals surface area (Å²) in [5, 5.41) is 16.7. The fourth-order valence-electron chi connectivity index (χ4n) is 1.22.